The summed E-state index contributed by atoms with van der Waals surface area (Å²) < 4.78 is 1.29. The number of hydrogen-bond donors (Lipinski definition) is 0. The van der Waals surface area contributed by atoms with Crippen molar-refractivity contribution in [1.29, 1.82) is 0 Å². The zero-order chi connectivity index (χ0) is 11.7. The van der Waals surface area contributed by atoms with Gasteiger partial charge in [-0.3, -0.25) is 0 Å². The van der Waals surface area contributed by atoms with Crippen molar-refractivity contribution in [3.63, 3.8) is 0 Å². The van der Waals surface area contributed by atoms with Crippen molar-refractivity contribution in [3.8, 4) is 0 Å². The molecule has 0 saturated carbocycles. The molecule has 1 aromatic heterocycles. The number of benzene rings is 1. The van der Waals surface area contributed by atoms with Crippen LogP contribution in [0.3, 0.4) is 0 Å². The molecule has 0 radical (unpaired) electrons. The van der Waals surface area contributed by atoms with Crippen LogP contribution in [0.2, 0.25) is 0 Å². The average molecular weight is 295 g/mol. The fourth-order valence-corrected chi connectivity index (χ4v) is 3.60. The predicted octanol–water partition coefficient (Wildman–Crippen LogP) is 5.03. The maximum Gasteiger partial charge on any atom is 0.0349 e. The van der Waals surface area contributed by atoms with Gasteiger partial charge in [-0.15, -0.1) is 11.3 Å². The van der Waals surface area contributed by atoms with Crippen molar-refractivity contribution in [2.45, 2.75) is 27.2 Å². The standard InChI is InChI=1S/C14H15BrS/c1-9-4-6-12(7-5-9)8-13-10(2)16-11(3)14(13)15/h4-7H,8H2,1-3H3. The maximum absolute atomic E-state index is 3.68. The smallest absolute Gasteiger partial charge is 0.0349 e. The lowest BCUT2D eigenvalue weighted by molar-refractivity contribution is 1.16. The summed E-state index contributed by atoms with van der Waals surface area (Å²) in [6.45, 7) is 6.49. The summed E-state index contributed by atoms with van der Waals surface area (Å²) in [5.41, 5.74) is 4.14. The summed E-state index contributed by atoms with van der Waals surface area (Å²) in [5, 5.41) is 0. The first-order valence-electron chi connectivity index (χ1n) is 5.38. The summed E-state index contributed by atoms with van der Waals surface area (Å²) >= 11 is 5.55. The van der Waals surface area contributed by atoms with Crippen molar-refractivity contribution < 1.29 is 0 Å². The Balaban J connectivity index is 2.30. The molecule has 1 aromatic carbocycles. The Morgan fingerprint density at radius 2 is 1.62 bits per heavy atom. The van der Waals surface area contributed by atoms with Crippen molar-refractivity contribution >= 4 is 27.3 Å². The number of aryl methyl sites for hydroxylation is 3. The molecule has 2 rings (SSSR count). The lowest BCUT2D eigenvalue weighted by Gasteiger charge is -2.03. The molecule has 0 aliphatic rings. The molecule has 1 heterocycles. The Kier molecular flexibility index (Phi) is 3.50. The Morgan fingerprint density at radius 1 is 1.00 bits per heavy atom. The Labute approximate surface area is 109 Å². The fourth-order valence-electron chi connectivity index (χ4n) is 1.82. The van der Waals surface area contributed by atoms with Crippen LogP contribution in [0.15, 0.2) is 28.7 Å². The Morgan fingerprint density at radius 3 is 2.12 bits per heavy atom. The van der Waals surface area contributed by atoms with E-state index in [4.69, 9.17) is 0 Å². The van der Waals surface area contributed by atoms with Crippen LogP contribution >= 0.6 is 27.3 Å². The molecule has 0 fully saturated rings. The van der Waals surface area contributed by atoms with E-state index in [9.17, 15) is 0 Å². The molecule has 0 atom stereocenters. The van der Waals surface area contributed by atoms with Gasteiger partial charge < -0.3 is 0 Å². The van der Waals surface area contributed by atoms with E-state index >= 15 is 0 Å². The maximum atomic E-state index is 3.68. The van der Waals surface area contributed by atoms with Crippen LogP contribution in [0, 0.1) is 20.8 Å². The van der Waals surface area contributed by atoms with Crippen LogP contribution in [0.4, 0.5) is 0 Å². The van der Waals surface area contributed by atoms with Gasteiger partial charge in [-0.25, -0.2) is 0 Å². The van der Waals surface area contributed by atoms with E-state index in [2.05, 4.69) is 61.0 Å². The van der Waals surface area contributed by atoms with Gasteiger partial charge in [0.05, 0.1) is 0 Å². The zero-order valence-corrected chi connectivity index (χ0v) is 12.2. The van der Waals surface area contributed by atoms with E-state index < -0.39 is 0 Å². The molecule has 2 heteroatoms. The highest BCUT2D eigenvalue weighted by atomic mass is 79.9. The summed E-state index contributed by atoms with van der Waals surface area (Å²) in [5.74, 6) is 0. The minimum atomic E-state index is 1.02. The summed E-state index contributed by atoms with van der Waals surface area (Å²) in [7, 11) is 0. The van der Waals surface area contributed by atoms with Gasteiger partial charge >= 0.3 is 0 Å². The zero-order valence-electron chi connectivity index (χ0n) is 9.80. The summed E-state index contributed by atoms with van der Waals surface area (Å²) in [6, 6.07) is 8.79. The van der Waals surface area contributed by atoms with E-state index in [0.29, 0.717) is 0 Å². The number of hydrogen-bond acceptors (Lipinski definition) is 1. The van der Waals surface area contributed by atoms with Gasteiger partial charge in [0.25, 0.3) is 0 Å². The van der Waals surface area contributed by atoms with Crippen LogP contribution in [0.1, 0.15) is 26.4 Å². The van der Waals surface area contributed by atoms with Crippen LogP contribution in [0.25, 0.3) is 0 Å². The van der Waals surface area contributed by atoms with E-state index in [1.807, 2.05) is 11.3 Å². The minimum absolute atomic E-state index is 1.02. The second kappa shape index (κ2) is 4.72. The molecule has 0 aliphatic carbocycles. The fraction of sp³-hybridized carbons (Fsp3) is 0.286. The van der Waals surface area contributed by atoms with E-state index in [1.54, 1.807) is 0 Å². The molecule has 84 valence electrons. The first-order chi connectivity index (χ1) is 7.58. The lowest BCUT2D eigenvalue weighted by atomic mass is 10.0. The molecule has 0 saturated heterocycles. The Bertz CT molecular complexity index is 494. The summed E-state index contributed by atoms with van der Waals surface area (Å²) in [6.07, 6.45) is 1.02. The molecule has 0 unspecified atom stereocenters. The van der Waals surface area contributed by atoms with Gasteiger partial charge in [0.2, 0.25) is 0 Å². The SMILES string of the molecule is Cc1ccc(Cc2c(C)sc(C)c2Br)cc1. The van der Waals surface area contributed by atoms with Gasteiger partial charge in [-0.2, -0.15) is 0 Å². The van der Waals surface area contributed by atoms with Gasteiger partial charge in [0.1, 0.15) is 0 Å². The molecule has 0 bridgehead atoms. The molecular formula is C14H15BrS. The van der Waals surface area contributed by atoms with Crippen molar-refractivity contribution in [2.24, 2.45) is 0 Å². The normalized spacial score (nSPS) is 10.8. The van der Waals surface area contributed by atoms with Crippen molar-refractivity contribution in [1.82, 2.24) is 0 Å². The minimum Gasteiger partial charge on any atom is -0.144 e. The third kappa shape index (κ3) is 2.38. The molecular weight excluding hydrogens is 280 g/mol. The van der Waals surface area contributed by atoms with Gasteiger partial charge in [0, 0.05) is 14.2 Å². The average Bonchev–Trinajstić information content (AvgIpc) is 2.48. The van der Waals surface area contributed by atoms with E-state index in [1.165, 1.54) is 30.9 Å². The van der Waals surface area contributed by atoms with Gasteiger partial charge in [-0.05, 0) is 54.2 Å². The first-order valence-corrected chi connectivity index (χ1v) is 6.99. The number of rotatable bonds is 2. The van der Waals surface area contributed by atoms with Crippen LogP contribution < -0.4 is 0 Å². The highest BCUT2D eigenvalue weighted by Crippen LogP contribution is 2.33. The molecule has 0 spiro atoms. The highest BCUT2D eigenvalue weighted by Gasteiger charge is 2.10. The molecule has 0 amide bonds. The van der Waals surface area contributed by atoms with Crippen LogP contribution in [0.5, 0.6) is 0 Å². The lowest BCUT2D eigenvalue weighted by Crippen LogP contribution is -1.89. The highest BCUT2D eigenvalue weighted by molar-refractivity contribution is 9.10. The monoisotopic (exact) mass is 294 g/mol. The molecule has 0 aliphatic heterocycles. The predicted molar refractivity (Wildman–Crippen MR) is 75.5 cm³/mol. The van der Waals surface area contributed by atoms with Crippen molar-refractivity contribution in [2.75, 3.05) is 0 Å². The largest absolute Gasteiger partial charge is 0.144 e. The molecule has 0 N–H and O–H groups in total. The third-order valence-electron chi connectivity index (χ3n) is 2.81. The molecule has 2 aromatic rings. The van der Waals surface area contributed by atoms with Crippen LogP contribution in [-0.2, 0) is 6.42 Å². The topological polar surface area (TPSA) is 0 Å². The second-order valence-electron chi connectivity index (χ2n) is 4.17. The number of halogens is 1. The number of thiophene rings is 1. The molecule has 16 heavy (non-hydrogen) atoms. The Hall–Kier alpha value is -0.600. The summed E-state index contributed by atoms with van der Waals surface area (Å²) in [4.78, 5) is 2.80. The van der Waals surface area contributed by atoms with Crippen LogP contribution in [-0.4, -0.2) is 0 Å². The third-order valence-corrected chi connectivity index (χ3v) is 5.21. The second-order valence-corrected chi connectivity index (χ2v) is 6.39. The van der Waals surface area contributed by atoms with E-state index in [0.717, 1.165) is 6.42 Å². The van der Waals surface area contributed by atoms with Crippen molar-refractivity contribution in [3.05, 3.63) is 55.2 Å². The van der Waals surface area contributed by atoms with Gasteiger partial charge in [-0.1, -0.05) is 29.8 Å². The first kappa shape index (κ1) is 11.9. The van der Waals surface area contributed by atoms with Gasteiger partial charge in [0.15, 0.2) is 0 Å². The molecule has 0 nitrogen and oxygen atoms in total. The van der Waals surface area contributed by atoms with E-state index in [-0.39, 0.29) is 0 Å². The quantitative estimate of drug-likeness (QED) is 0.729.